The molecule has 2 aromatic rings. The molecule has 0 saturated carbocycles. The molecule has 8 nitrogen and oxygen atoms in total. The second kappa shape index (κ2) is 7.85. The topological polar surface area (TPSA) is 116 Å². The quantitative estimate of drug-likeness (QED) is 0.595. The summed E-state index contributed by atoms with van der Waals surface area (Å²) < 4.78 is 97.4. The Hall–Kier alpha value is -3.13. The highest BCUT2D eigenvalue weighted by molar-refractivity contribution is 7.92. The van der Waals surface area contributed by atoms with Crippen molar-refractivity contribution in [3.8, 4) is 5.75 Å². The Morgan fingerprint density at radius 1 is 1.16 bits per heavy atom. The molecule has 31 heavy (non-hydrogen) atoms. The van der Waals surface area contributed by atoms with Crippen LogP contribution in [0.5, 0.6) is 5.75 Å². The average Bonchev–Trinajstić information content (AvgIpc) is 2.67. The number of halogens is 5. The number of carboxylic acid groups (broad SMARTS) is 1. The summed E-state index contributed by atoms with van der Waals surface area (Å²) in [5.74, 6) is -3.27. The lowest BCUT2D eigenvalue weighted by Gasteiger charge is -2.37. The molecule has 0 saturated heterocycles. The molecule has 0 spiro atoms. The standard InChI is InChI=1S/C17H13F5N2O6S/c18-10-3-2-9(6-11(10)19)31(28,29)24-7-14(15(25)17(20,21)22)30-13-4-1-8(5-12(13)24)23-16(26)27/h1-6,14-15,23,25H,7H2,(H,26,27)/t14-,15+/m1/s1. The van der Waals surface area contributed by atoms with Gasteiger partial charge >= 0.3 is 12.3 Å². The van der Waals surface area contributed by atoms with E-state index < -0.39 is 63.3 Å². The first-order valence-corrected chi connectivity index (χ1v) is 9.78. The van der Waals surface area contributed by atoms with Crippen molar-refractivity contribution in [2.24, 2.45) is 0 Å². The molecule has 3 N–H and O–H groups in total. The van der Waals surface area contributed by atoms with Gasteiger partial charge in [0.1, 0.15) is 5.75 Å². The van der Waals surface area contributed by atoms with Crippen molar-refractivity contribution in [2.45, 2.75) is 23.3 Å². The third-order valence-corrected chi connectivity index (χ3v) is 6.05. The minimum atomic E-state index is -5.15. The summed E-state index contributed by atoms with van der Waals surface area (Å²) in [7, 11) is -4.78. The van der Waals surface area contributed by atoms with Gasteiger partial charge in [0.05, 0.1) is 17.1 Å². The molecule has 0 aromatic heterocycles. The SMILES string of the molecule is O=C(O)Nc1ccc2c(c1)N(S(=O)(=O)c1ccc(F)c(F)c1)C[C@H]([C@H](O)C(F)(F)F)O2. The number of hydrogen-bond donors (Lipinski definition) is 3. The molecule has 1 heterocycles. The van der Waals surface area contributed by atoms with Crippen LogP contribution in [0.15, 0.2) is 41.3 Å². The molecular weight excluding hydrogens is 455 g/mol. The van der Waals surface area contributed by atoms with Gasteiger partial charge in [0, 0.05) is 5.69 Å². The Morgan fingerprint density at radius 3 is 2.42 bits per heavy atom. The van der Waals surface area contributed by atoms with Gasteiger partial charge in [-0.1, -0.05) is 0 Å². The number of nitrogens with zero attached hydrogens (tertiary/aromatic N) is 1. The number of rotatable bonds is 4. The number of aliphatic hydroxyl groups is 1. The fourth-order valence-corrected chi connectivity index (χ4v) is 4.33. The molecule has 3 rings (SSSR count). The van der Waals surface area contributed by atoms with Gasteiger partial charge in [0.2, 0.25) is 0 Å². The molecular formula is C17H13F5N2O6S. The summed E-state index contributed by atoms with van der Waals surface area (Å²) in [6.45, 7) is -1.05. The van der Waals surface area contributed by atoms with Crippen LogP contribution in [0.4, 0.5) is 38.1 Å². The van der Waals surface area contributed by atoms with Gasteiger partial charge in [-0.25, -0.2) is 22.0 Å². The molecule has 0 fully saturated rings. The molecule has 0 bridgehead atoms. The Bertz CT molecular complexity index is 1120. The van der Waals surface area contributed by atoms with Crippen LogP contribution in [0.3, 0.4) is 0 Å². The second-order valence-electron chi connectivity index (χ2n) is 6.37. The zero-order chi connectivity index (χ0) is 23.1. The Labute approximate surface area is 171 Å². The second-order valence-corrected chi connectivity index (χ2v) is 8.23. The lowest BCUT2D eigenvalue weighted by Crippen LogP contribution is -2.53. The monoisotopic (exact) mass is 468 g/mol. The number of alkyl halides is 3. The maximum atomic E-state index is 13.6. The Kier molecular flexibility index (Phi) is 5.71. The number of hydrogen-bond acceptors (Lipinski definition) is 5. The maximum Gasteiger partial charge on any atom is 0.418 e. The van der Waals surface area contributed by atoms with E-state index in [0.717, 1.165) is 18.2 Å². The van der Waals surface area contributed by atoms with Crippen LogP contribution in [-0.2, 0) is 10.0 Å². The van der Waals surface area contributed by atoms with Crippen molar-refractivity contribution >= 4 is 27.5 Å². The van der Waals surface area contributed by atoms with Crippen LogP contribution >= 0.6 is 0 Å². The first-order valence-electron chi connectivity index (χ1n) is 8.34. The van der Waals surface area contributed by atoms with Crippen molar-refractivity contribution in [3.63, 3.8) is 0 Å². The highest BCUT2D eigenvalue weighted by atomic mass is 32.2. The summed E-state index contributed by atoms with van der Waals surface area (Å²) >= 11 is 0. The van der Waals surface area contributed by atoms with Crippen molar-refractivity contribution in [2.75, 3.05) is 16.2 Å². The van der Waals surface area contributed by atoms with E-state index in [1.807, 2.05) is 5.32 Å². The van der Waals surface area contributed by atoms with Crippen LogP contribution in [0.1, 0.15) is 0 Å². The van der Waals surface area contributed by atoms with E-state index >= 15 is 0 Å². The average molecular weight is 468 g/mol. The smallest absolute Gasteiger partial charge is 0.418 e. The third kappa shape index (κ3) is 4.49. The number of nitrogens with one attached hydrogen (secondary N) is 1. The lowest BCUT2D eigenvalue weighted by atomic mass is 10.1. The lowest BCUT2D eigenvalue weighted by molar-refractivity contribution is -0.225. The van der Waals surface area contributed by atoms with Crippen molar-refractivity contribution in [1.82, 2.24) is 0 Å². The first-order chi connectivity index (χ1) is 14.3. The normalized spacial score (nSPS) is 17.5. The summed E-state index contributed by atoms with van der Waals surface area (Å²) in [6, 6.07) is 4.64. The number of benzene rings is 2. The van der Waals surface area contributed by atoms with Crippen LogP contribution in [-0.4, -0.2) is 49.7 Å². The van der Waals surface area contributed by atoms with Crippen LogP contribution < -0.4 is 14.4 Å². The van der Waals surface area contributed by atoms with E-state index in [1.54, 1.807) is 0 Å². The number of aliphatic hydroxyl groups excluding tert-OH is 1. The fourth-order valence-electron chi connectivity index (χ4n) is 2.84. The van der Waals surface area contributed by atoms with Crippen LogP contribution in [0.2, 0.25) is 0 Å². The number of amides is 1. The molecule has 0 aliphatic carbocycles. The van der Waals surface area contributed by atoms with Gasteiger partial charge in [-0.2, -0.15) is 13.2 Å². The van der Waals surface area contributed by atoms with Crippen LogP contribution in [0, 0.1) is 11.6 Å². The van der Waals surface area contributed by atoms with E-state index in [9.17, 15) is 40.3 Å². The minimum absolute atomic E-state index is 0.143. The molecule has 1 aliphatic heterocycles. The highest BCUT2D eigenvalue weighted by Crippen LogP contribution is 2.41. The number of fused-ring (bicyclic) bond motifs is 1. The molecule has 14 heteroatoms. The molecule has 2 atom stereocenters. The highest BCUT2D eigenvalue weighted by Gasteiger charge is 2.48. The van der Waals surface area contributed by atoms with Crippen molar-refractivity contribution in [1.29, 1.82) is 0 Å². The summed E-state index contributed by atoms with van der Waals surface area (Å²) in [5, 5.41) is 20.3. The van der Waals surface area contributed by atoms with Gasteiger partial charge in [-0.3, -0.25) is 9.62 Å². The van der Waals surface area contributed by atoms with Gasteiger partial charge in [0.25, 0.3) is 10.0 Å². The number of sulfonamides is 1. The molecule has 1 aliphatic rings. The van der Waals surface area contributed by atoms with E-state index in [1.165, 1.54) is 0 Å². The van der Waals surface area contributed by atoms with Gasteiger partial charge in [0.15, 0.2) is 23.8 Å². The van der Waals surface area contributed by atoms with E-state index in [0.29, 0.717) is 22.5 Å². The largest absolute Gasteiger partial charge is 0.483 e. The number of carbonyl (C=O) groups is 1. The summed E-state index contributed by atoms with van der Waals surface area (Å²) in [6.07, 6.45) is -11.8. The zero-order valence-electron chi connectivity index (χ0n) is 15.1. The van der Waals surface area contributed by atoms with Crippen LogP contribution in [0.25, 0.3) is 0 Å². The van der Waals surface area contributed by atoms with Gasteiger partial charge in [-0.15, -0.1) is 0 Å². The predicted molar refractivity (Wildman–Crippen MR) is 95.5 cm³/mol. The first kappa shape index (κ1) is 22.6. The summed E-state index contributed by atoms with van der Waals surface area (Å²) in [5.41, 5.74) is -0.517. The predicted octanol–water partition coefficient (Wildman–Crippen LogP) is 2.93. The number of anilines is 2. The molecule has 2 aromatic carbocycles. The Balaban J connectivity index is 2.13. The van der Waals surface area contributed by atoms with Gasteiger partial charge in [-0.05, 0) is 36.4 Å². The minimum Gasteiger partial charge on any atom is -0.483 e. The molecule has 1 amide bonds. The maximum absolute atomic E-state index is 13.6. The molecule has 0 unspecified atom stereocenters. The molecule has 168 valence electrons. The van der Waals surface area contributed by atoms with E-state index in [2.05, 4.69) is 0 Å². The van der Waals surface area contributed by atoms with Crippen molar-refractivity contribution < 1.29 is 50.1 Å². The fraction of sp³-hybridized carbons (Fsp3) is 0.235. The van der Waals surface area contributed by atoms with Gasteiger partial charge < -0.3 is 14.9 Å². The zero-order valence-corrected chi connectivity index (χ0v) is 15.9. The Morgan fingerprint density at radius 2 is 1.84 bits per heavy atom. The summed E-state index contributed by atoms with van der Waals surface area (Å²) in [4.78, 5) is 10.1. The van der Waals surface area contributed by atoms with E-state index in [-0.39, 0.29) is 11.4 Å². The van der Waals surface area contributed by atoms with E-state index in [4.69, 9.17) is 9.84 Å². The molecule has 0 radical (unpaired) electrons. The third-order valence-electron chi connectivity index (χ3n) is 4.27. The van der Waals surface area contributed by atoms with Crippen molar-refractivity contribution in [3.05, 3.63) is 48.0 Å². The number of ether oxygens (including phenoxy) is 1.